The van der Waals surface area contributed by atoms with E-state index >= 15 is 0 Å². The van der Waals surface area contributed by atoms with Gasteiger partial charge in [0.15, 0.2) is 0 Å². The highest BCUT2D eigenvalue weighted by Crippen LogP contribution is 2.37. The highest BCUT2D eigenvalue weighted by atomic mass is 31.2. The lowest BCUT2D eigenvalue weighted by molar-refractivity contribution is -0.140. The second kappa shape index (κ2) is 9.07. The number of nitrogens with two attached hydrogens (primary N) is 1. The van der Waals surface area contributed by atoms with E-state index in [2.05, 4.69) is 10.1 Å². The monoisotopic (exact) mass is 378 g/mol. The number of nitrogen functional groups attached to an aromatic ring is 1. The Morgan fingerprint density at radius 1 is 1.52 bits per heavy atom. The molecular weight excluding hydrogens is 355 g/mol. The van der Waals surface area contributed by atoms with Crippen molar-refractivity contribution in [3.63, 3.8) is 0 Å². The fourth-order valence-corrected chi connectivity index (χ4v) is 3.24. The van der Waals surface area contributed by atoms with Gasteiger partial charge in [0.2, 0.25) is 0 Å². The van der Waals surface area contributed by atoms with Gasteiger partial charge < -0.3 is 25.6 Å². The van der Waals surface area contributed by atoms with Gasteiger partial charge in [0.1, 0.15) is 18.2 Å². The average molecular weight is 378 g/mol. The summed E-state index contributed by atoms with van der Waals surface area (Å²) in [4.78, 5) is 36.1. The van der Waals surface area contributed by atoms with Gasteiger partial charge in [-0.25, -0.2) is 9.88 Å². The van der Waals surface area contributed by atoms with Gasteiger partial charge in [-0.3, -0.25) is 13.9 Å². The molecule has 11 nitrogen and oxygen atoms in total. The lowest BCUT2D eigenvalue weighted by atomic mass is 10.1. The quantitative estimate of drug-likeness (QED) is 0.319. The van der Waals surface area contributed by atoms with Crippen LogP contribution < -0.4 is 16.5 Å². The number of carboxylic acid groups (broad SMARTS) is 1. The topological polar surface area (TPSA) is 177 Å². The predicted octanol–water partition coefficient (Wildman–Crippen LogP) is -0.955. The summed E-state index contributed by atoms with van der Waals surface area (Å²) < 4.78 is 18.4. The molecule has 12 heteroatoms. The minimum atomic E-state index is -4.14. The van der Waals surface area contributed by atoms with Gasteiger partial charge in [-0.1, -0.05) is 13.8 Å². The molecule has 1 rings (SSSR count). The Bertz CT molecular complexity index is 693. The summed E-state index contributed by atoms with van der Waals surface area (Å²) in [7, 11) is -4.14. The number of rotatable bonds is 10. The van der Waals surface area contributed by atoms with Crippen LogP contribution in [-0.4, -0.2) is 55.7 Å². The third kappa shape index (κ3) is 6.92. The Hall–Kier alpha value is -1.78. The molecule has 0 fully saturated rings. The van der Waals surface area contributed by atoms with Gasteiger partial charge in [0, 0.05) is 6.20 Å². The van der Waals surface area contributed by atoms with Crippen molar-refractivity contribution < 1.29 is 29.2 Å². The van der Waals surface area contributed by atoms with Crippen LogP contribution in [0, 0.1) is 5.92 Å². The van der Waals surface area contributed by atoms with Gasteiger partial charge in [0.05, 0.1) is 19.3 Å². The maximum Gasteiger partial charge on any atom is 0.349 e. The van der Waals surface area contributed by atoms with Crippen molar-refractivity contribution in [1.82, 2.24) is 14.6 Å². The molecule has 0 saturated carbocycles. The Labute approximate surface area is 144 Å². The second-order valence-electron chi connectivity index (χ2n) is 5.78. The number of carbonyl (C=O) groups is 1. The Morgan fingerprint density at radius 3 is 2.64 bits per heavy atom. The minimum absolute atomic E-state index is 0.0418. The number of nitrogens with one attached hydrogen (secondary N) is 1. The molecule has 6 N–H and O–H groups in total. The van der Waals surface area contributed by atoms with Crippen LogP contribution in [0.5, 0.6) is 0 Å². The van der Waals surface area contributed by atoms with E-state index in [-0.39, 0.29) is 12.4 Å². The molecule has 0 aromatic carbocycles. The molecule has 0 bridgehead atoms. The number of anilines is 1. The molecule has 0 radical (unpaired) electrons. The number of aliphatic hydroxyl groups is 1. The Balaban J connectivity index is 2.70. The summed E-state index contributed by atoms with van der Waals surface area (Å²) in [5.41, 5.74) is 4.72. The van der Waals surface area contributed by atoms with E-state index in [4.69, 9.17) is 15.6 Å². The normalized spacial score (nSPS) is 16.4. The zero-order valence-electron chi connectivity index (χ0n) is 13.9. The Kier molecular flexibility index (Phi) is 7.71. The van der Waals surface area contributed by atoms with Gasteiger partial charge in [-0.05, 0) is 12.0 Å². The zero-order valence-corrected chi connectivity index (χ0v) is 14.8. The fraction of sp³-hybridized carbons (Fsp3) is 0.615. The number of aliphatic carboxylic acids is 1. The van der Waals surface area contributed by atoms with Crippen LogP contribution in [0.1, 0.15) is 13.8 Å². The van der Waals surface area contributed by atoms with Gasteiger partial charge in [-0.15, -0.1) is 0 Å². The molecule has 0 aliphatic heterocycles. The zero-order chi connectivity index (χ0) is 19.2. The Morgan fingerprint density at radius 2 is 2.16 bits per heavy atom. The first-order valence-corrected chi connectivity index (χ1v) is 9.28. The number of nitrogens with zero attached hydrogens (tertiary/aromatic N) is 2. The molecule has 142 valence electrons. The lowest BCUT2D eigenvalue weighted by Crippen LogP contribution is -2.40. The molecule has 1 heterocycles. The first kappa shape index (κ1) is 21.3. The van der Waals surface area contributed by atoms with Gasteiger partial charge >= 0.3 is 11.7 Å². The number of hydrogen-bond donors (Lipinski definition) is 5. The lowest BCUT2D eigenvalue weighted by Gasteiger charge is -2.23. The number of ether oxygens (including phenoxy) is 1. The predicted molar refractivity (Wildman–Crippen MR) is 89.0 cm³/mol. The summed E-state index contributed by atoms with van der Waals surface area (Å²) in [5, 5.41) is 20.5. The maximum atomic E-state index is 12.1. The molecule has 0 aliphatic rings. The van der Waals surface area contributed by atoms with Crippen LogP contribution in [-0.2, 0) is 20.6 Å². The molecule has 0 aliphatic carbocycles. The number of carboxylic acids is 1. The van der Waals surface area contributed by atoms with E-state index in [0.717, 1.165) is 4.57 Å². The molecule has 1 aromatic rings. The molecule has 3 atom stereocenters. The van der Waals surface area contributed by atoms with Crippen LogP contribution in [0.25, 0.3) is 0 Å². The molecular formula is C13H23N4O7P. The van der Waals surface area contributed by atoms with E-state index in [1.54, 1.807) is 13.8 Å². The molecule has 0 saturated heterocycles. The smallest absolute Gasteiger partial charge is 0.349 e. The SMILES string of the molecule is CC(C)C(NP(=O)(O)CO[C@H](CO)Cn1ccc(N)nc1=O)C(=O)O. The molecule has 0 amide bonds. The van der Waals surface area contributed by atoms with E-state index < -0.39 is 50.2 Å². The van der Waals surface area contributed by atoms with Crippen LogP contribution in [0.15, 0.2) is 17.1 Å². The molecule has 0 spiro atoms. The minimum Gasteiger partial charge on any atom is -0.480 e. The van der Waals surface area contributed by atoms with Crippen molar-refractivity contribution in [1.29, 1.82) is 0 Å². The van der Waals surface area contributed by atoms with Crippen LogP contribution in [0.3, 0.4) is 0 Å². The molecule has 2 unspecified atom stereocenters. The molecule has 25 heavy (non-hydrogen) atoms. The summed E-state index contributed by atoms with van der Waals surface area (Å²) in [6.45, 7) is 2.53. The van der Waals surface area contributed by atoms with Crippen molar-refractivity contribution in [2.45, 2.75) is 32.5 Å². The van der Waals surface area contributed by atoms with E-state index in [9.17, 15) is 24.2 Å². The van der Waals surface area contributed by atoms with Crippen molar-refractivity contribution in [3.05, 3.63) is 22.7 Å². The van der Waals surface area contributed by atoms with Gasteiger partial charge in [0.25, 0.3) is 7.52 Å². The second-order valence-corrected chi connectivity index (χ2v) is 7.70. The highest BCUT2D eigenvalue weighted by molar-refractivity contribution is 7.55. The third-order valence-corrected chi connectivity index (χ3v) is 4.44. The average Bonchev–Trinajstić information content (AvgIpc) is 2.50. The standard InChI is InChI=1S/C13H23N4O7P/c1-8(2)11(12(19)20)16-25(22,23)7-24-9(6-18)5-17-4-3-10(14)15-13(17)21/h3-4,8-9,11,18H,5-7H2,1-2H3,(H,19,20)(H2,14,15,21)(H2,16,22,23)/t9-,11?/m0/s1. The van der Waals surface area contributed by atoms with Crippen LogP contribution in [0.2, 0.25) is 0 Å². The summed E-state index contributed by atoms with van der Waals surface area (Å²) in [6.07, 6.45) is -0.341. The summed E-state index contributed by atoms with van der Waals surface area (Å²) in [6, 6.07) is 0.157. The first-order chi connectivity index (χ1) is 11.6. The van der Waals surface area contributed by atoms with Crippen molar-refractivity contribution in [3.8, 4) is 0 Å². The first-order valence-electron chi connectivity index (χ1n) is 7.43. The van der Waals surface area contributed by atoms with E-state index in [0.29, 0.717) is 0 Å². The van der Waals surface area contributed by atoms with Crippen molar-refractivity contribution in [2.24, 2.45) is 5.92 Å². The van der Waals surface area contributed by atoms with Crippen molar-refractivity contribution in [2.75, 3.05) is 18.7 Å². The number of aliphatic hydroxyl groups excluding tert-OH is 1. The maximum absolute atomic E-state index is 12.1. The fourth-order valence-electron chi connectivity index (χ4n) is 1.91. The largest absolute Gasteiger partial charge is 0.480 e. The van der Waals surface area contributed by atoms with E-state index in [1.165, 1.54) is 12.3 Å². The number of aromatic nitrogens is 2. The summed E-state index contributed by atoms with van der Waals surface area (Å²) >= 11 is 0. The van der Waals surface area contributed by atoms with Crippen molar-refractivity contribution >= 4 is 19.3 Å². The van der Waals surface area contributed by atoms with Gasteiger partial charge in [-0.2, -0.15) is 4.98 Å². The highest BCUT2D eigenvalue weighted by Gasteiger charge is 2.31. The van der Waals surface area contributed by atoms with Crippen LogP contribution >= 0.6 is 7.52 Å². The van der Waals surface area contributed by atoms with E-state index in [1.807, 2.05) is 0 Å². The summed E-state index contributed by atoms with van der Waals surface area (Å²) in [5.74, 6) is -1.64. The van der Waals surface area contributed by atoms with Crippen LogP contribution in [0.4, 0.5) is 5.82 Å². The third-order valence-electron chi connectivity index (χ3n) is 3.26. The number of hydrogen-bond acceptors (Lipinski definition) is 7. The molecule has 1 aromatic heterocycles.